The third-order valence-corrected chi connectivity index (χ3v) is 5.20. The van der Waals surface area contributed by atoms with Gasteiger partial charge in [-0.2, -0.15) is 0 Å². The molecule has 8 heteroatoms. The summed E-state index contributed by atoms with van der Waals surface area (Å²) in [6.07, 6.45) is 4.48. The monoisotopic (exact) mass is 493 g/mol. The number of aliphatic imine (C=N–C) groups is 1. The quantitative estimate of drug-likeness (QED) is 0.240. The summed E-state index contributed by atoms with van der Waals surface area (Å²) in [6, 6.07) is 18.7. The van der Waals surface area contributed by atoms with E-state index in [0.29, 0.717) is 26.9 Å². The summed E-state index contributed by atoms with van der Waals surface area (Å²) in [7, 11) is 1.45. The van der Waals surface area contributed by atoms with E-state index < -0.39 is 11.9 Å². The molecule has 0 saturated heterocycles. The first kappa shape index (κ1) is 23.3. The molecule has 0 atom stereocenters. The lowest BCUT2D eigenvalue weighted by Gasteiger charge is -2.08. The molecule has 0 aromatic heterocycles. The first-order valence-electron chi connectivity index (χ1n) is 10.0. The van der Waals surface area contributed by atoms with Crippen molar-refractivity contribution in [1.82, 2.24) is 0 Å². The van der Waals surface area contributed by atoms with E-state index in [1.165, 1.54) is 13.2 Å². The van der Waals surface area contributed by atoms with Crippen molar-refractivity contribution in [3.63, 3.8) is 0 Å². The number of hydrogen-bond donors (Lipinski definition) is 0. The molecule has 6 nitrogen and oxygen atoms in total. The number of methoxy groups -OCH3 is 1. The molecule has 1 aliphatic heterocycles. The first-order chi connectivity index (χ1) is 16.4. The van der Waals surface area contributed by atoms with Gasteiger partial charge in [-0.3, -0.25) is 0 Å². The summed E-state index contributed by atoms with van der Waals surface area (Å²) in [6.45, 7) is 0. The van der Waals surface area contributed by atoms with Crippen molar-refractivity contribution in [2.45, 2.75) is 0 Å². The second-order valence-electron chi connectivity index (χ2n) is 7.06. The number of esters is 2. The van der Waals surface area contributed by atoms with Crippen LogP contribution in [0.2, 0.25) is 10.0 Å². The topological polar surface area (TPSA) is 74.2 Å². The van der Waals surface area contributed by atoms with Crippen LogP contribution in [-0.4, -0.2) is 24.9 Å². The zero-order chi connectivity index (χ0) is 24.1. The molecule has 0 bridgehead atoms. The molecule has 170 valence electrons. The van der Waals surface area contributed by atoms with Crippen molar-refractivity contribution >= 4 is 53.2 Å². The molecule has 0 radical (unpaired) electrons. The Kier molecular flexibility index (Phi) is 7.11. The number of benzene rings is 3. The lowest BCUT2D eigenvalue weighted by molar-refractivity contribution is -0.130. The van der Waals surface area contributed by atoms with E-state index in [-0.39, 0.29) is 17.3 Å². The standard InChI is InChI=1S/C26H17Cl2NO5/c1-32-23-15-17(14-21-26(31)34-25(29-21)18-6-10-20(28)11-7-18)4-12-22(23)33-24(30)13-5-16-2-8-19(27)9-3-16/h2-15H,1H3/b13-5+,21-14-. The fourth-order valence-electron chi connectivity index (χ4n) is 3.02. The van der Waals surface area contributed by atoms with Crippen LogP contribution in [0.3, 0.4) is 0 Å². The van der Waals surface area contributed by atoms with Crippen LogP contribution in [0, 0.1) is 0 Å². The van der Waals surface area contributed by atoms with Gasteiger partial charge in [-0.1, -0.05) is 41.4 Å². The smallest absolute Gasteiger partial charge is 0.363 e. The van der Waals surface area contributed by atoms with Crippen LogP contribution >= 0.6 is 23.2 Å². The Bertz CT molecular complexity index is 1330. The summed E-state index contributed by atoms with van der Waals surface area (Å²) in [4.78, 5) is 28.8. The highest BCUT2D eigenvalue weighted by Crippen LogP contribution is 2.30. The van der Waals surface area contributed by atoms with E-state index in [4.69, 9.17) is 37.4 Å². The third-order valence-electron chi connectivity index (χ3n) is 4.70. The molecule has 0 fully saturated rings. The summed E-state index contributed by atoms with van der Waals surface area (Å²) in [5.41, 5.74) is 2.17. The van der Waals surface area contributed by atoms with Crippen molar-refractivity contribution < 1.29 is 23.8 Å². The summed E-state index contributed by atoms with van der Waals surface area (Å²) >= 11 is 11.8. The summed E-state index contributed by atoms with van der Waals surface area (Å²) < 4.78 is 16.0. The Labute approximate surface area is 205 Å². The van der Waals surface area contributed by atoms with Crippen molar-refractivity contribution in [2.24, 2.45) is 4.99 Å². The number of hydrogen-bond acceptors (Lipinski definition) is 6. The largest absolute Gasteiger partial charge is 0.493 e. The minimum absolute atomic E-state index is 0.127. The molecule has 0 N–H and O–H groups in total. The number of cyclic esters (lactones) is 1. The Hall–Kier alpha value is -3.87. The number of ether oxygens (including phenoxy) is 3. The Morgan fingerprint density at radius 1 is 0.912 bits per heavy atom. The van der Waals surface area contributed by atoms with Crippen molar-refractivity contribution in [3.8, 4) is 11.5 Å². The molecule has 1 aliphatic rings. The Balaban J connectivity index is 1.50. The number of halogens is 2. The molecule has 0 aliphatic carbocycles. The van der Waals surface area contributed by atoms with E-state index >= 15 is 0 Å². The molecular weight excluding hydrogens is 477 g/mol. The van der Waals surface area contributed by atoms with Crippen LogP contribution in [0.1, 0.15) is 16.7 Å². The van der Waals surface area contributed by atoms with Gasteiger partial charge in [-0.15, -0.1) is 0 Å². The third kappa shape index (κ3) is 5.73. The van der Waals surface area contributed by atoms with E-state index in [9.17, 15) is 9.59 Å². The van der Waals surface area contributed by atoms with Crippen molar-refractivity contribution in [3.05, 3.63) is 105 Å². The molecule has 0 spiro atoms. The fourth-order valence-corrected chi connectivity index (χ4v) is 3.27. The molecule has 4 rings (SSSR count). The fraction of sp³-hybridized carbons (Fsp3) is 0.0385. The molecule has 34 heavy (non-hydrogen) atoms. The lowest BCUT2D eigenvalue weighted by Crippen LogP contribution is -2.05. The van der Waals surface area contributed by atoms with Gasteiger partial charge >= 0.3 is 11.9 Å². The average molecular weight is 494 g/mol. The highest BCUT2D eigenvalue weighted by atomic mass is 35.5. The maximum atomic E-state index is 12.3. The number of nitrogens with zero attached hydrogens (tertiary/aromatic N) is 1. The summed E-state index contributed by atoms with van der Waals surface area (Å²) in [5.74, 6) is -0.411. The number of carbonyl (C=O) groups is 2. The van der Waals surface area contributed by atoms with Crippen LogP contribution in [0.5, 0.6) is 11.5 Å². The molecule has 0 amide bonds. The van der Waals surface area contributed by atoms with Gasteiger partial charge in [0.2, 0.25) is 5.90 Å². The van der Waals surface area contributed by atoms with E-state index in [1.54, 1.807) is 78.9 Å². The minimum atomic E-state index is -0.577. The average Bonchev–Trinajstić information content (AvgIpc) is 3.20. The van der Waals surface area contributed by atoms with Gasteiger partial charge in [0.05, 0.1) is 7.11 Å². The van der Waals surface area contributed by atoms with Crippen LogP contribution in [-0.2, 0) is 14.3 Å². The first-order valence-corrected chi connectivity index (χ1v) is 10.8. The van der Waals surface area contributed by atoms with Crippen LogP contribution in [0.25, 0.3) is 12.2 Å². The number of rotatable bonds is 6. The SMILES string of the molecule is COc1cc(/C=C2\N=C(c3ccc(Cl)cc3)OC2=O)ccc1OC(=O)/C=C/c1ccc(Cl)cc1. The second-order valence-corrected chi connectivity index (χ2v) is 7.93. The van der Waals surface area contributed by atoms with Gasteiger partial charge in [0.1, 0.15) is 0 Å². The summed E-state index contributed by atoms with van der Waals surface area (Å²) in [5, 5.41) is 1.18. The maximum absolute atomic E-state index is 12.3. The van der Waals surface area contributed by atoms with Gasteiger partial charge in [-0.25, -0.2) is 14.6 Å². The van der Waals surface area contributed by atoms with Crippen LogP contribution < -0.4 is 9.47 Å². The molecule has 3 aromatic rings. The molecular formula is C26H17Cl2NO5. The van der Waals surface area contributed by atoms with Gasteiger partial charge in [0.25, 0.3) is 0 Å². The Morgan fingerprint density at radius 3 is 2.24 bits per heavy atom. The van der Waals surface area contributed by atoms with E-state index in [2.05, 4.69) is 4.99 Å². The predicted octanol–water partition coefficient (Wildman–Crippen LogP) is 5.97. The Morgan fingerprint density at radius 2 is 1.56 bits per heavy atom. The normalized spacial score (nSPS) is 14.3. The van der Waals surface area contributed by atoms with Crippen molar-refractivity contribution in [1.29, 1.82) is 0 Å². The van der Waals surface area contributed by atoms with Gasteiger partial charge < -0.3 is 14.2 Å². The highest BCUT2D eigenvalue weighted by molar-refractivity contribution is 6.31. The molecule has 0 unspecified atom stereocenters. The van der Waals surface area contributed by atoms with Crippen molar-refractivity contribution in [2.75, 3.05) is 7.11 Å². The van der Waals surface area contributed by atoms with Gasteiger partial charge in [0, 0.05) is 21.7 Å². The van der Waals surface area contributed by atoms with Gasteiger partial charge in [0.15, 0.2) is 17.2 Å². The molecule has 3 aromatic carbocycles. The van der Waals surface area contributed by atoms with Gasteiger partial charge in [-0.05, 0) is 71.8 Å². The van der Waals surface area contributed by atoms with E-state index in [1.807, 2.05) is 0 Å². The maximum Gasteiger partial charge on any atom is 0.363 e. The van der Waals surface area contributed by atoms with Crippen LogP contribution in [0.15, 0.2) is 83.5 Å². The van der Waals surface area contributed by atoms with E-state index in [0.717, 1.165) is 5.56 Å². The molecule has 1 heterocycles. The number of carbonyl (C=O) groups excluding carboxylic acids is 2. The zero-order valence-corrected chi connectivity index (χ0v) is 19.3. The molecule has 0 saturated carbocycles. The predicted molar refractivity (Wildman–Crippen MR) is 131 cm³/mol. The second kappa shape index (κ2) is 10.4. The zero-order valence-electron chi connectivity index (χ0n) is 17.8. The lowest BCUT2D eigenvalue weighted by atomic mass is 10.1. The minimum Gasteiger partial charge on any atom is -0.493 e. The van der Waals surface area contributed by atoms with Crippen LogP contribution in [0.4, 0.5) is 0 Å². The highest BCUT2D eigenvalue weighted by Gasteiger charge is 2.24.